The minimum Gasteiger partial charge on any atom is -0.497 e. The molecular formula is C13H14N6O. The highest BCUT2D eigenvalue weighted by Crippen LogP contribution is 2.24. The number of ether oxygens (including phenoxy) is 1. The number of aromatic amines is 1. The molecule has 0 bridgehead atoms. The monoisotopic (exact) mass is 270 g/mol. The first-order chi connectivity index (χ1) is 9.80. The fraction of sp³-hybridized carbons (Fsp3) is 0.154. The first-order valence-corrected chi connectivity index (χ1v) is 6.10. The quantitative estimate of drug-likeness (QED) is 0.673. The van der Waals surface area contributed by atoms with Crippen molar-refractivity contribution in [3.63, 3.8) is 0 Å². The number of nitrogens with zero attached hydrogens (tertiary/aromatic N) is 3. The van der Waals surface area contributed by atoms with E-state index in [0.717, 1.165) is 16.8 Å². The van der Waals surface area contributed by atoms with E-state index < -0.39 is 0 Å². The van der Waals surface area contributed by atoms with Gasteiger partial charge in [0.1, 0.15) is 11.6 Å². The van der Waals surface area contributed by atoms with Crippen molar-refractivity contribution in [3.05, 3.63) is 30.5 Å². The highest BCUT2D eigenvalue weighted by atomic mass is 16.5. The van der Waals surface area contributed by atoms with E-state index in [0.29, 0.717) is 17.4 Å². The molecule has 2 heterocycles. The largest absolute Gasteiger partial charge is 0.497 e. The lowest BCUT2D eigenvalue weighted by Gasteiger charge is -2.08. The van der Waals surface area contributed by atoms with Crippen molar-refractivity contribution in [1.82, 2.24) is 20.2 Å². The summed E-state index contributed by atoms with van der Waals surface area (Å²) >= 11 is 0. The van der Waals surface area contributed by atoms with Gasteiger partial charge >= 0.3 is 0 Å². The fourth-order valence-corrected chi connectivity index (χ4v) is 1.85. The van der Waals surface area contributed by atoms with E-state index in [9.17, 15) is 0 Å². The lowest BCUT2D eigenvalue weighted by atomic mass is 10.3. The zero-order valence-corrected chi connectivity index (χ0v) is 11.1. The van der Waals surface area contributed by atoms with Crippen molar-refractivity contribution in [1.29, 1.82) is 0 Å². The van der Waals surface area contributed by atoms with Gasteiger partial charge in [-0.25, -0.2) is 0 Å². The summed E-state index contributed by atoms with van der Waals surface area (Å²) in [5.41, 5.74) is 1.59. The number of H-pyrrole nitrogens is 1. The molecule has 0 spiro atoms. The molecule has 0 amide bonds. The van der Waals surface area contributed by atoms with Crippen LogP contribution in [0.15, 0.2) is 30.5 Å². The van der Waals surface area contributed by atoms with Gasteiger partial charge in [-0.15, -0.1) is 0 Å². The van der Waals surface area contributed by atoms with Crippen LogP contribution >= 0.6 is 0 Å². The average molecular weight is 270 g/mol. The maximum Gasteiger partial charge on any atom is 0.226 e. The highest BCUT2D eigenvalue weighted by molar-refractivity contribution is 5.89. The van der Waals surface area contributed by atoms with Gasteiger partial charge < -0.3 is 15.4 Å². The van der Waals surface area contributed by atoms with Crippen molar-refractivity contribution in [2.45, 2.75) is 0 Å². The number of hydrogen-bond donors (Lipinski definition) is 3. The van der Waals surface area contributed by atoms with Gasteiger partial charge in [-0.3, -0.25) is 5.10 Å². The molecular weight excluding hydrogens is 256 g/mol. The summed E-state index contributed by atoms with van der Waals surface area (Å²) in [6, 6.07) is 7.61. The Labute approximate surface area is 115 Å². The molecule has 2 aromatic heterocycles. The molecule has 0 saturated heterocycles. The number of rotatable bonds is 4. The fourth-order valence-electron chi connectivity index (χ4n) is 1.85. The molecule has 0 radical (unpaired) electrons. The number of fused-ring (bicyclic) bond motifs is 1. The zero-order valence-electron chi connectivity index (χ0n) is 11.1. The van der Waals surface area contributed by atoms with Crippen molar-refractivity contribution < 1.29 is 4.74 Å². The van der Waals surface area contributed by atoms with Crippen LogP contribution in [0.2, 0.25) is 0 Å². The summed E-state index contributed by atoms with van der Waals surface area (Å²) in [6.07, 6.45) is 1.70. The van der Waals surface area contributed by atoms with E-state index in [4.69, 9.17) is 4.74 Å². The van der Waals surface area contributed by atoms with Gasteiger partial charge in [-0.1, -0.05) is 0 Å². The maximum atomic E-state index is 5.14. The predicted molar refractivity (Wildman–Crippen MR) is 77.5 cm³/mol. The van der Waals surface area contributed by atoms with Crippen LogP contribution in [0.1, 0.15) is 0 Å². The molecule has 3 N–H and O–H groups in total. The van der Waals surface area contributed by atoms with E-state index in [-0.39, 0.29) is 0 Å². The molecule has 3 rings (SSSR count). The Bertz CT molecular complexity index is 721. The van der Waals surface area contributed by atoms with Crippen LogP contribution in [0.5, 0.6) is 5.75 Å². The van der Waals surface area contributed by atoms with Crippen molar-refractivity contribution in [2.75, 3.05) is 24.8 Å². The minimum absolute atomic E-state index is 0.526. The molecule has 0 aliphatic carbocycles. The van der Waals surface area contributed by atoms with E-state index in [1.54, 1.807) is 20.4 Å². The number of aromatic nitrogens is 4. The van der Waals surface area contributed by atoms with Crippen LogP contribution in [0, 0.1) is 0 Å². The second-order valence-corrected chi connectivity index (χ2v) is 4.13. The van der Waals surface area contributed by atoms with Crippen molar-refractivity contribution in [2.24, 2.45) is 0 Å². The molecule has 0 fully saturated rings. The highest BCUT2D eigenvalue weighted by Gasteiger charge is 2.09. The van der Waals surface area contributed by atoms with Gasteiger partial charge in [0.25, 0.3) is 0 Å². The van der Waals surface area contributed by atoms with Crippen molar-refractivity contribution in [3.8, 4) is 5.75 Å². The SMILES string of the molecule is CNc1nc(Nc2ccc(OC)cc2)c2cn[nH]c2n1. The van der Waals surface area contributed by atoms with Gasteiger partial charge in [0.05, 0.1) is 18.7 Å². The van der Waals surface area contributed by atoms with Crippen LogP contribution in [0.3, 0.4) is 0 Å². The second-order valence-electron chi connectivity index (χ2n) is 4.13. The van der Waals surface area contributed by atoms with E-state index >= 15 is 0 Å². The number of anilines is 3. The predicted octanol–water partition coefficient (Wildman–Crippen LogP) is 2.15. The Kier molecular flexibility index (Phi) is 3.08. The molecule has 0 aliphatic heterocycles. The Morgan fingerprint density at radius 2 is 1.95 bits per heavy atom. The van der Waals surface area contributed by atoms with E-state index in [1.165, 1.54) is 0 Å². The number of hydrogen-bond acceptors (Lipinski definition) is 6. The van der Waals surface area contributed by atoms with Crippen LogP contribution in [0.25, 0.3) is 11.0 Å². The number of nitrogens with one attached hydrogen (secondary N) is 3. The van der Waals surface area contributed by atoms with Gasteiger partial charge in [-0.05, 0) is 24.3 Å². The first kappa shape index (κ1) is 12.2. The topological polar surface area (TPSA) is 87.8 Å². The first-order valence-electron chi connectivity index (χ1n) is 6.10. The molecule has 20 heavy (non-hydrogen) atoms. The van der Waals surface area contributed by atoms with E-state index in [2.05, 4.69) is 30.8 Å². The average Bonchev–Trinajstić information content (AvgIpc) is 2.96. The zero-order chi connectivity index (χ0) is 13.9. The second kappa shape index (κ2) is 5.04. The third-order valence-electron chi connectivity index (χ3n) is 2.89. The van der Waals surface area contributed by atoms with Gasteiger partial charge in [0.15, 0.2) is 5.65 Å². The third kappa shape index (κ3) is 2.20. The van der Waals surface area contributed by atoms with Crippen LogP contribution in [-0.2, 0) is 0 Å². The van der Waals surface area contributed by atoms with Crippen LogP contribution in [-0.4, -0.2) is 34.3 Å². The number of methoxy groups -OCH3 is 1. The molecule has 7 heteroatoms. The molecule has 0 atom stereocenters. The Balaban J connectivity index is 1.98. The normalized spacial score (nSPS) is 10.5. The van der Waals surface area contributed by atoms with Gasteiger partial charge in [0, 0.05) is 12.7 Å². The number of benzene rings is 1. The lowest BCUT2D eigenvalue weighted by Crippen LogP contribution is -2.01. The summed E-state index contributed by atoms with van der Waals surface area (Å²) in [5, 5.41) is 13.8. The lowest BCUT2D eigenvalue weighted by molar-refractivity contribution is 0.415. The summed E-state index contributed by atoms with van der Waals surface area (Å²) in [6.45, 7) is 0. The molecule has 0 aliphatic rings. The molecule has 0 saturated carbocycles. The van der Waals surface area contributed by atoms with Crippen LogP contribution < -0.4 is 15.4 Å². The molecule has 7 nitrogen and oxygen atoms in total. The Morgan fingerprint density at radius 3 is 2.65 bits per heavy atom. The van der Waals surface area contributed by atoms with Crippen molar-refractivity contribution >= 4 is 28.5 Å². The molecule has 1 aromatic carbocycles. The summed E-state index contributed by atoms with van der Waals surface area (Å²) < 4.78 is 5.14. The molecule has 3 aromatic rings. The van der Waals surface area contributed by atoms with Gasteiger partial charge in [-0.2, -0.15) is 15.1 Å². The minimum atomic E-state index is 0.526. The molecule has 102 valence electrons. The van der Waals surface area contributed by atoms with Crippen LogP contribution in [0.4, 0.5) is 17.5 Å². The Hall–Kier alpha value is -2.83. The maximum absolute atomic E-state index is 5.14. The Morgan fingerprint density at radius 1 is 1.15 bits per heavy atom. The summed E-state index contributed by atoms with van der Waals surface area (Å²) in [7, 11) is 3.41. The smallest absolute Gasteiger partial charge is 0.226 e. The molecule has 0 unspecified atom stereocenters. The van der Waals surface area contributed by atoms with Gasteiger partial charge in [0.2, 0.25) is 5.95 Å². The summed E-state index contributed by atoms with van der Waals surface area (Å²) in [5.74, 6) is 2.03. The summed E-state index contributed by atoms with van der Waals surface area (Å²) in [4.78, 5) is 8.69. The van der Waals surface area contributed by atoms with E-state index in [1.807, 2.05) is 24.3 Å². The standard InChI is InChI=1S/C13H14N6O/c1-14-13-17-11(10-7-15-19-12(10)18-13)16-8-3-5-9(20-2)6-4-8/h3-7H,1-2H3,(H3,14,15,16,17,18,19). The third-order valence-corrected chi connectivity index (χ3v) is 2.89.